The van der Waals surface area contributed by atoms with Gasteiger partial charge >= 0.3 is 0 Å². The molecule has 0 bridgehead atoms. The maximum absolute atomic E-state index is 13.5. The number of amidine groups is 1. The molecule has 28 heavy (non-hydrogen) atoms. The van der Waals surface area contributed by atoms with Gasteiger partial charge in [-0.25, -0.2) is 4.99 Å². The summed E-state index contributed by atoms with van der Waals surface area (Å²) in [5, 5.41) is 8.76. The average Bonchev–Trinajstić information content (AvgIpc) is 2.91. The molecule has 3 heterocycles. The van der Waals surface area contributed by atoms with E-state index in [4.69, 9.17) is 28.2 Å². The molecule has 5 nitrogen and oxygen atoms in total. The van der Waals surface area contributed by atoms with Crippen LogP contribution in [0.1, 0.15) is 17.0 Å². The number of aliphatic imine (C=N–C) groups is 1. The lowest BCUT2D eigenvalue weighted by Crippen LogP contribution is -2.33. The van der Waals surface area contributed by atoms with Gasteiger partial charge in [0.2, 0.25) is 0 Å². The number of allylic oxidation sites excluding steroid dienone is 2. The van der Waals surface area contributed by atoms with Crippen LogP contribution in [-0.2, 0) is 0 Å². The minimum absolute atomic E-state index is 0.0338. The first-order chi connectivity index (χ1) is 13.5. The monoisotopic (exact) mass is 443 g/mol. The second-order valence-corrected chi connectivity index (χ2v) is 7.28. The molecule has 0 saturated carbocycles. The van der Waals surface area contributed by atoms with Crippen LogP contribution in [0.4, 0.5) is 14.0 Å². The topological polar surface area (TPSA) is 45.5 Å². The van der Waals surface area contributed by atoms with Crippen molar-refractivity contribution in [2.75, 3.05) is 20.8 Å². The Balaban J connectivity index is 0.00000109. The van der Waals surface area contributed by atoms with Gasteiger partial charge < -0.3 is 10.2 Å². The van der Waals surface area contributed by atoms with Crippen molar-refractivity contribution >= 4 is 52.6 Å². The highest BCUT2D eigenvalue weighted by Gasteiger charge is 2.29. The third-order valence-corrected chi connectivity index (χ3v) is 5.41. The van der Waals surface area contributed by atoms with E-state index in [0.717, 1.165) is 16.8 Å². The van der Waals surface area contributed by atoms with Crippen LogP contribution in [0.5, 0.6) is 0 Å². The SMILES string of the molecule is CF.Cc1nn(SF)c2c1N=C(c1ccccc1Cl)NC1=C2C=C(Cl)N(C)C1. The molecule has 0 radical (unpaired) electrons. The van der Waals surface area contributed by atoms with Crippen molar-refractivity contribution in [2.45, 2.75) is 6.92 Å². The van der Waals surface area contributed by atoms with Gasteiger partial charge in [-0.1, -0.05) is 35.3 Å². The van der Waals surface area contributed by atoms with E-state index in [1.807, 2.05) is 30.1 Å². The summed E-state index contributed by atoms with van der Waals surface area (Å²) in [5.74, 6) is 0.591. The largest absolute Gasteiger partial charge is 0.360 e. The first-order valence-corrected chi connectivity index (χ1v) is 9.61. The highest BCUT2D eigenvalue weighted by Crippen LogP contribution is 2.39. The van der Waals surface area contributed by atoms with Crippen LogP contribution in [-0.4, -0.2) is 40.7 Å². The third kappa shape index (κ3) is 3.64. The molecule has 0 amide bonds. The van der Waals surface area contributed by atoms with Crippen LogP contribution in [0.25, 0.3) is 5.57 Å². The van der Waals surface area contributed by atoms with E-state index in [1.54, 1.807) is 19.1 Å². The summed E-state index contributed by atoms with van der Waals surface area (Å²) in [4.78, 5) is 6.63. The molecular weight excluding hydrogens is 427 g/mol. The van der Waals surface area contributed by atoms with Gasteiger partial charge in [-0.15, -0.1) is 3.89 Å². The normalized spacial score (nSPS) is 15.5. The van der Waals surface area contributed by atoms with E-state index < -0.39 is 0 Å². The number of nitrogens with one attached hydrogen (secondary N) is 1. The average molecular weight is 444 g/mol. The summed E-state index contributed by atoms with van der Waals surface area (Å²) in [6, 6.07) is 7.45. The second kappa shape index (κ2) is 8.55. The molecule has 0 fully saturated rings. The zero-order valence-electron chi connectivity index (χ0n) is 15.3. The Morgan fingerprint density at radius 1 is 1.21 bits per heavy atom. The number of hydrogen-bond acceptors (Lipinski definition) is 5. The molecule has 10 heteroatoms. The molecule has 0 aliphatic carbocycles. The predicted octanol–water partition coefficient (Wildman–Crippen LogP) is 5.23. The number of aryl methyl sites for hydroxylation is 1. The fourth-order valence-electron chi connectivity index (χ4n) is 3.01. The van der Waals surface area contributed by atoms with Crippen molar-refractivity contribution < 1.29 is 8.28 Å². The second-order valence-electron chi connectivity index (χ2n) is 6.01. The molecule has 0 saturated heterocycles. The molecule has 2 aliphatic heterocycles. The summed E-state index contributed by atoms with van der Waals surface area (Å²) >= 11 is 12.7. The van der Waals surface area contributed by atoms with E-state index in [-0.39, 0.29) is 12.3 Å². The van der Waals surface area contributed by atoms with Crippen molar-refractivity contribution in [2.24, 2.45) is 4.99 Å². The van der Waals surface area contributed by atoms with Gasteiger partial charge in [0.1, 0.15) is 22.4 Å². The zero-order chi connectivity index (χ0) is 20.4. The molecule has 2 aliphatic rings. The van der Waals surface area contributed by atoms with Crippen LogP contribution in [0.2, 0.25) is 5.02 Å². The molecule has 4 rings (SSSR count). The van der Waals surface area contributed by atoms with Crippen molar-refractivity contribution in [3.63, 3.8) is 0 Å². The van der Waals surface area contributed by atoms with E-state index >= 15 is 0 Å². The van der Waals surface area contributed by atoms with Crippen molar-refractivity contribution in [1.82, 2.24) is 19.4 Å². The van der Waals surface area contributed by atoms with Crippen molar-refractivity contribution in [1.29, 1.82) is 0 Å². The molecular formula is C18H17Cl2F2N5S. The molecule has 2 aromatic rings. The standard InChI is InChI=1S/C17H14Cl2FN5S.CH3F/c1-9-15-16(25(23-9)26-20)11-7-14(19)24(2)8-13(11)21-17(22-15)10-5-3-4-6-12(10)18;1-2/h3-7H,8H2,1-2H3,(H,21,22);1H3. The van der Waals surface area contributed by atoms with Crippen LogP contribution in [0.3, 0.4) is 0 Å². The van der Waals surface area contributed by atoms with Crippen molar-refractivity contribution in [3.8, 4) is 0 Å². The summed E-state index contributed by atoms with van der Waals surface area (Å²) in [5.41, 5.74) is 4.16. The van der Waals surface area contributed by atoms with Crippen LogP contribution < -0.4 is 5.32 Å². The number of fused-ring (bicyclic) bond motifs is 2. The third-order valence-electron chi connectivity index (χ3n) is 4.29. The Kier molecular flexibility index (Phi) is 6.32. The van der Waals surface area contributed by atoms with Gasteiger partial charge in [0.15, 0.2) is 12.3 Å². The van der Waals surface area contributed by atoms with Crippen molar-refractivity contribution in [3.05, 3.63) is 63.2 Å². The lowest BCUT2D eigenvalue weighted by atomic mass is 10.1. The summed E-state index contributed by atoms with van der Waals surface area (Å²) in [6.45, 7) is 2.32. The number of aromatic nitrogens is 2. The Hall–Kier alpha value is -2.03. The fourth-order valence-corrected chi connectivity index (χ4v) is 3.81. The Morgan fingerprint density at radius 2 is 1.93 bits per heavy atom. The van der Waals surface area contributed by atoms with Gasteiger partial charge in [-0.3, -0.25) is 4.39 Å². The number of rotatable bonds is 2. The molecule has 1 aromatic carbocycles. The molecule has 1 aromatic heterocycles. The fraction of sp³-hybridized carbons (Fsp3) is 0.222. The number of hydrogen-bond donors (Lipinski definition) is 1. The first-order valence-electron chi connectivity index (χ1n) is 8.18. The number of alkyl halides is 1. The van der Waals surface area contributed by atoms with E-state index in [1.165, 1.54) is 4.09 Å². The predicted molar refractivity (Wildman–Crippen MR) is 112 cm³/mol. The maximum atomic E-state index is 13.5. The lowest BCUT2D eigenvalue weighted by molar-refractivity contribution is 0.471. The summed E-state index contributed by atoms with van der Waals surface area (Å²) < 4.78 is 24.2. The smallest absolute Gasteiger partial charge is 0.188 e. The number of halogens is 4. The summed E-state index contributed by atoms with van der Waals surface area (Å²) in [7, 11) is 2.38. The minimum atomic E-state index is 0.0338. The maximum Gasteiger partial charge on any atom is 0.188 e. The molecule has 0 atom stereocenters. The number of likely N-dealkylation sites (N-methyl/N-ethyl adjacent to an activating group) is 1. The Labute approximate surface area is 176 Å². The van der Waals surface area contributed by atoms with E-state index in [2.05, 4.69) is 10.4 Å². The Morgan fingerprint density at radius 3 is 2.61 bits per heavy atom. The minimum Gasteiger partial charge on any atom is -0.360 e. The molecule has 0 unspecified atom stereocenters. The van der Waals surface area contributed by atoms with E-state index in [9.17, 15) is 8.28 Å². The van der Waals surface area contributed by atoms with E-state index in [0.29, 0.717) is 46.8 Å². The number of benzene rings is 1. The quantitative estimate of drug-likeness (QED) is 0.645. The zero-order valence-corrected chi connectivity index (χ0v) is 17.6. The Bertz CT molecular complexity index is 1000. The highest BCUT2D eigenvalue weighted by atomic mass is 35.5. The molecule has 1 N–H and O–H groups in total. The lowest BCUT2D eigenvalue weighted by Gasteiger charge is -2.27. The summed E-state index contributed by atoms with van der Waals surface area (Å²) in [6.07, 6.45) is 1.80. The number of nitrogens with zero attached hydrogens (tertiary/aromatic N) is 4. The molecule has 0 spiro atoms. The first kappa shape index (κ1) is 20.7. The van der Waals surface area contributed by atoms with Gasteiger partial charge in [-0.05, 0) is 25.1 Å². The molecule has 148 valence electrons. The van der Waals surface area contributed by atoms with Crippen LogP contribution in [0, 0.1) is 6.92 Å². The highest BCUT2D eigenvalue weighted by molar-refractivity contribution is 7.92. The van der Waals surface area contributed by atoms with Gasteiger partial charge in [0, 0.05) is 23.9 Å². The van der Waals surface area contributed by atoms with Gasteiger partial charge in [0.25, 0.3) is 0 Å². The van der Waals surface area contributed by atoms with Gasteiger partial charge in [0.05, 0.1) is 24.4 Å². The van der Waals surface area contributed by atoms with Crippen LogP contribution in [0.15, 0.2) is 46.2 Å². The van der Waals surface area contributed by atoms with Crippen LogP contribution >= 0.6 is 35.5 Å². The van der Waals surface area contributed by atoms with Gasteiger partial charge in [-0.2, -0.15) is 9.19 Å².